The third-order valence-electron chi connectivity index (χ3n) is 4.80. The topological polar surface area (TPSA) is 102 Å². The number of aromatic hydroxyl groups is 1. The fraction of sp³-hybridized carbons (Fsp3) is 0.0400. The molecule has 0 spiro atoms. The summed E-state index contributed by atoms with van der Waals surface area (Å²) in [5.41, 5.74) is 3.53. The van der Waals surface area contributed by atoms with Crippen molar-refractivity contribution >= 4 is 34.8 Å². The quantitative estimate of drug-likeness (QED) is 0.472. The molecule has 0 aliphatic carbocycles. The normalized spacial score (nSPS) is 11.3. The number of rotatable bonds is 5. The van der Waals surface area contributed by atoms with E-state index in [4.69, 9.17) is 5.26 Å². The van der Waals surface area contributed by atoms with Crippen molar-refractivity contribution in [1.82, 2.24) is 9.97 Å². The highest BCUT2D eigenvalue weighted by atomic mass is 16.3. The summed E-state index contributed by atoms with van der Waals surface area (Å²) in [6.07, 6.45) is 9.20. The van der Waals surface area contributed by atoms with E-state index in [1.807, 2.05) is 48.6 Å². The number of hydrogen-bond donors (Lipinski definition) is 2. The van der Waals surface area contributed by atoms with E-state index in [9.17, 15) is 9.90 Å². The largest absolute Gasteiger partial charge is 0.494 e. The molecule has 0 radical (unpaired) electrons. The van der Waals surface area contributed by atoms with Gasteiger partial charge in [-0.3, -0.25) is 19.8 Å². The molecule has 150 valence electrons. The lowest BCUT2D eigenvalue weighted by Crippen LogP contribution is -2.08. The summed E-state index contributed by atoms with van der Waals surface area (Å²) in [7, 11) is 0. The van der Waals surface area contributed by atoms with Crippen molar-refractivity contribution in [3.8, 4) is 11.9 Å². The number of nitrogens with one attached hydrogen (secondary N) is 1. The summed E-state index contributed by atoms with van der Waals surface area (Å²) < 4.78 is 0. The number of H-pyrrole nitrogens is 1. The molecule has 0 atom stereocenters. The maximum atomic E-state index is 12.3. The van der Waals surface area contributed by atoms with Crippen LogP contribution in [0.25, 0.3) is 22.9 Å². The van der Waals surface area contributed by atoms with Crippen LogP contribution in [0.3, 0.4) is 0 Å². The Labute approximate surface area is 178 Å². The van der Waals surface area contributed by atoms with Gasteiger partial charge >= 0.3 is 0 Å². The molecule has 4 rings (SSSR count). The van der Waals surface area contributed by atoms with Crippen molar-refractivity contribution in [2.24, 2.45) is 4.99 Å². The summed E-state index contributed by atoms with van der Waals surface area (Å²) in [6.45, 7) is 0. The van der Waals surface area contributed by atoms with E-state index >= 15 is 0 Å². The molecule has 0 saturated carbocycles. The van der Waals surface area contributed by atoms with Gasteiger partial charge in [0.2, 0.25) is 5.88 Å². The molecule has 2 aromatic heterocycles. The van der Waals surface area contributed by atoms with Gasteiger partial charge in [0.1, 0.15) is 0 Å². The van der Waals surface area contributed by atoms with Gasteiger partial charge in [0.15, 0.2) is 0 Å². The molecule has 0 aliphatic rings. The van der Waals surface area contributed by atoms with Crippen LogP contribution in [0.1, 0.15) is 22.3 Å². The first-order valence-corrected chi connectivity index (χ1v) is 9.61. The van der Waals surface area contributed by atoms with Gasteiger partial charge in [-0.05, 0) is 53.1 Å². The number of nitrogens with zero attached hydrogens (tertiary/aromatic N) is 3. The minimum Gasteiger partial charge on any atom is -0.494 e. The molecule has 0 bridgehead atoms. The minimum atomic E-state index is -0.366. The first-order chi connectivity index (χ1) is 15.1. The van der Waals surface area contributed by atoms with E-state index in [1.54, 1.807) is 30.6 Å². The highest BCUT2D eigenvalue weighted by Crippen LogP contribution is 2.24. The molecule has 31 heavy (non-hydrogen) atoms. The summed E-state index contributed by atoms with van der Waals surface area (Å²) in [6, 6.07) is 18.6. The summed E-state index contributed by atoms with van der Waals surface area (Å²) >= 11 is 0. The molecule has 0 amide bonds. The first-order valence-electron chi connectivity index (χ1n) is 9.61. The van der Waals surface area contributed by atoms with Crippen molar-refractivity contribution in [3.63, 3.8) is 0 Å². The third kappa shape index (κ3) is 4.57. The molecule has 0 aliphatic heterocycles. The number of hydrogen-bond acceptors (Lipinski definition) is 5. The predicted molar refractivity (Wildman–Crippen MR) is 122 cm³/mol. The smallest absolute Gasteiger partial charge is 0.258 e. The SMILES string of the molecule is N#CCc1ccc(N=Cc2c(O)[nH]c(=O)c3ccc(C=Cc4ccncc4)cc23)cc1. The van der Waals surface area contributed by atoms with Crippen LogP contribution < -0.4 is 5.56 Å². The number of pyridine rings is 2. The van der Waals surface area contributed by atoms with Crippen molar-refractivity contribution in [2.75, 3.05) is 0 Å². The molecule has 2 N–H and O–H groups in total. The molecule has 4 aromatic rings. The average Bonchev–Trinajstić information content (AvgIpc) is 2.79. The number of nitriles is 1. The molecule has 0 saturated heterocycles. The maximum absolute atomic E-state index is 12.3. The molecule has 6 heteroatoms. The van der Waals surface area contributed by atoms with Crippen LogP contribution in [0.2, 0.25) is 0 Å². The summed E-state index contributed by atoms with van der Waals surface area (Å²) in [5.74, 6) is -0.238. The van der Waals surface area contributed by atoms with Gasteiger partial charge in [-0.2, -0.15) is 5.26 Å². The van der Waals surface area contributed by atoms with E-state index in [1.165, 1.54) is 6.21 Å². The highest BCUT2D eigenvalue weighted by molar-refractivity contribution is 6.02. The molecular weight excluding hydrogens is 388 g/mol. The Morgan fingerprint density at radius 3 is 2.48 bits per heavy atom. The first kappa shape index (κ1) is 19.8. The molecule has 2 heterocycles. The molecule has 2 aromatic carbocycles. The number of aromatic amines is 1. The fourth-order valence-electron chi connectivity index (χ4n) is 3.18. The third-order valence-corrected chi connectivity index (χ3v) is 4.80. The Bertz CT molecular complexity index is 1380. The van der Waals surface area contributed by atoms with Crippen molar-refractivity contribution in [1.29, 1.82) is 5.26 Å². The van der Waals surface area contributed by atoms with E-state index in [-0.39, 0.29) is 11.4 Å². The van der Waals surface area contributed by atoms with Gasteiger partial charge in [-0.1, -0.05) is 30.4 Å². The average molecular weight is 406 g/mol. The second-order valence-electron chi connectivity index (χ2n) is 6.89. The zero-order valence-electron chi connectivity index (χ0n) is 16.5. The Hall–Kier alpha value is -4.50. The monoisotopic (exact) mass is 406 g/mol. The number of fused-ring (bicyclic) bond motifs is 1. The van der Waals surface area contributed by atoms with E-state index < -0.39 is 0 Å². The van der Waals surface area contributed by atoms with Gasteiger partial charge in [0.25, 0.3) is 5.56 Å². The zero-order valence-corrected chi connectivity index (χ0v) is 16.5. The Kier molecular flexibility index (Phi) is 5.68. The van der Waals surface area contributed by atoms with Gasteiger partial charge in [0.05, 0.1) is 23.7 Å². The predicted octanol–water partition coefficient (Wildman–Crippen LogP) is 4.62. The Balaban J connectivity index is 1.72. The van der Waals surface area contributed by atoms with Gasteiger partial charge < -0.3 is 5.11 Å². The Morgan fingerprint density at radius 2 is 1.74 bits per heavy atom. The van der Waals surface area contributed by atoms with Gasteiger partial charge in [-0.25, -0.2) is 0 Å². The molecular formula is C25H18N4O2. The van der Waals surface area contributed by atoms with E-state index in [2.05, 4.69) is 21.0 Å². The lowest BCUT2D eigenvalue weighted by atomic mass is 10.0. The lowest BCUT2D eigenvalue weighted by Gasteiger charge is -2.06. The van der Waals surface area contributed by atoms with Crippen LogP contribution in [0.15, 0.2) is 76.8 Å². The molecule has 0 fully saturated rings. The van der Waals surface area contributed by atoms with Crippen LogP contribution in [0, 0.1) is 11.3 Å². The summed E-state index contributed by atoms with van der Waals surface area (Å²) in [5, 5.41) is 20.2. The van der Waals surface area contributed by atoms with Gasteiger partial charge in [-0.15, -0.1) is 0 Å². The lowest BCUT2D eigenvalue weighted by molar-refractivity contribution is 0.452. The Morgan fingerprint density at radius 1 is 1.00 bits per heavy atom. The van der Waals surface area contributed by atoms with Crippen LogP contribution in [-0.2, 0) is 6.42 Å². The molecule has 0 unspecified atom stereocenters. The number of aromatic nitrogens is 2. The van der Waals surface area contributed by atoms with E-state index in [0.29, 0.717) is 28.4 Å². The highest BCUT2D eigenvalue weighted by Gasteiger charge is 2.10. The van der Waals surface area contributed by atoms with Crippen LogP contribution in [0.5, 0.6) is 5.88 Å². The van der Waals surface area contributed by atoms with E-state index in [0.717, 1.165) is 16.7 Å². The summed E-state index contributed by atoms with van der Waals surface area (Å²) in [4.78, 5) is 23.2. The van der Waals surface area contributed by atoms with Crippen LogP contribution in [-0.4, -0.2) is 21.3 Å². The minimum absolute atomic E-state index is 0.238. The van der Waals surface area contributed by atoms with Crippen molar-refractivity contribution in [2.45, 2.75) is 6.42 Å². The number of benzene rings is 2. The van der Waals surface area contributed by atoms with Crippen LogP contribution in [0.4, 0.5) is 5.69 Å². The zero-order chi connectivity index (χ0) is 21.6. The fourth-order valence-corrected chi connectivity index (χ4v) is 3.18. The second kappa shape index (κ2) is 8.89. The van der Waals surface area contributed by atoms with Crippen LogP contribution >= 0.6 is 0 Å². The van der Waals surface area contributed by atoms with Gasteiger partial charge in [0, 0.05) is 29.4 Å². The number of aliphatic imine (C=N–C) groups is 1. The van der Waals surface area contributed by atoms with Crippen molar-refractivity contribution in [3.05, 3.63) is 99.6 Å². The molecule has 6 nitrogen and oxygen atoms in total. The maximum Gasteiger partial charge on any atom is 0.258 e. The standard InChI is InChI=1S/C25H18N4O2/c26-12-9-17-3-6-20(7-4-17)28-16-23-22-15-19(2-1-18-10-13-27-14-11-18)5-8-21(22)24(30)29-25(23)31/h1-8,10-11,13-16H,9H2,(H2,29,30,31). The second-order valence-corrected chi connectivity index (χ2v) is 6.89. The van der Waals surface area contributed by atoms with Crippen molar-refractivity contribution < 1.29 is 5.11 Å².